The Kier molecular flexibility index (Phi) is 2.41. The first kappa shape index (κ1) is 10.7. The zero-order valence-corrected chi connectivity index (χ0v) is 9.52. The highest BCUT2D eigenvalue weighted by molar-refractivity contribution is 5.99. The van der Waals surface area contributed by atoms with Crippen molar-refractivity contribution < 1.29 is 4.39 Å². The second kappa shape index (κ2) is 4.07. The van der Waals surface area contributed by atoms with Gasteiger partial charge in [0.25, 0.3) is 0 Å². The van der Waals surface area contributed by atoms with Crippen LogP contribution in [0.3, 0.4) is 0 Å². The van der Waals surface area contributed by atoms with Crippen LogP contribution in [-0.4, -0.2) is 15.0 Å². The molecule has 0 amide bonds. The summed E-state index contributed by atoms with van der Waals surface area (Å²) in [6.45, 7) is 3.78. The summed E-state index contributed by atoms with van der Waals surface area (Å²) >= 11 is 0. The summed E-state index contributed by atoms with van der Waals surface area (Å²) in [5, 5.41) is 0.930. The van der Waals surface area contributed by atoms with Gasteiger partial charge in [-0.3, -0.25) is 4.98 Å². The average molecular weight is 239 g/mol. The third-order valence-corrected chi connectivity index (χ3v) is 2.84. The maximum Gasteiger partial charge on any atom is 0.142 e. The Morgan fingerprint density at radius 2 is 2.22 bits per heavy atom. The molecule has 0 aliphatic heterocycles. The fraction of sp³-hybridized carbons (Fsp3) is 0. The molecule has 1 N–H and O–H groups in total. The summed E-state index contributed by atoms with van der Waals surface area (Å²) in [5.41, 5.74) is 3.31. The molecule has 3 aromatic rings. The van der Waals surface area contributed by atoms with Crippen molar-refractivity contribution in [1.29, 1.82) is 0 Å². The minimum atomic E-state index is -0.356. The van der Waals surface area contributed by atoms with Crippen molar-refractivity contribution in [2.45, 2.75) is 0 Å². The highest BCUT2D eigenvalue weighted by atomic mass is 19.1. The van der Waals surface area contributed by atoms with Gasteiger partial charge in [0.05, 0.1) is 6.20 Å². The van der Waals surface area contributed by atoms with E-state index in [1.165, 1.54) is 12.3 Å². The Labute approximate surface area is 103 Å². The zero-order valence-electron chi connectivity index (χ0n) is 9.52. The van der Waals surface area contributed by atoms with Crippen LogP contribution in [-0.2, 0) is 0 Å². The summed E-state index contributed by atoms with van der Waals surface area (Å²) in [4.78, 5) is 11.2. The third-order valence-electron chi connectivity index (χ3n) is 2.84. The Hall–Kier alpha value is -2.49. The Morgan fingerprint density at radius 3 is 3.00 bits per heavy atom. The average Bonchev–Trinajstić information content (AvgIpc) is 2.82. The van der Waals surface area contributed by atoms with Crippen LogP contribution in [0.25, 0.3) is 28.2 Å². The fourth-order valence-electron chi connectivity index (χ4n) is 2.04. The van der Waals surface area contributed by atoms with Crippen molar-refractivity contribution >= 4 is 17.1 Å². The number of aromatic nitrogens is 3. The molecule has 0 aliphatic carbocycles. The largest absolute Gasteiger partial charge is 0.345 e. The van der Waals surface area contributed by atoms with Crippen LogP contribution >= 0.6 is 0 Å². The van der Waals surface area contributed by atoms with Gasteiger partial charge in [0.2, 0.25) is 0 Å². The topological polar surface area (TPSA) is 41.6 Å². The molecule has 0 saturated carbocycles. The van der Waals surface area contributed by atoms with Crippen molar-refractivity contribution in [3.63, 3.8) is 0 Å². The number of pyridine rings is 2. The van der Waals surface area contributed by atoms with Gasteiger partial charge in [-0.05, 0) is 17.7 Å². The monoisotopic (exact) mass is 239 g/mol. The van der Waals surface area contributed by atoms with Gasteiger partial charge in [-0.15, -0.1) is 0 Å². The number of H-pyrrole nitrogens is 1. The van der Waals surface area contributed by atoms with Crippen LogP contribution in [0, 0.1) is 5.82 Å². The van der Waals surface area contributed by atoms with Gasteiger partial charge in [-0.2, -0.15) is 0 Å². The van der Waals surface area contributed by atoms with E-state index < -0.39 is 0 Å². The molecule has 3 aromatic heterocycles. The minimum Gasteiger partial charge on any atom is -0.345 e. The molecule has 0 aromatic carbocycles. The van der Waals surface area contributed by atoms with Gasteiger partial charge in [0.15, 0.2) is 0 Å². The summed E-state index contributed by atoms with van der Waals surface area (Å²) in [6.07, 6.45) is 8.09. The van der Waals surface area contributed by atoms with E-state index in [1.54, 1.807) is 24.7 Å². The lowest BCUT2D eigenvalue weighted by Crippen LogP contribution is -1.84. The number of nitrogens with zero attached hydrogens (tertiary/aromatic N) is 2. The lowest BCUT2D eigenvalue weighted by atomic mass is 10.0. The van der Waals surface area contributed by atoms with E-state index in [9.17, 15) is 4.39 Å². The van der Waals surface area contributed by atoms with Crippen LogP contribution in [0.1, 0.15) is 5.56 Å². The number of aromatic amines is 1. The van der Waals surface area contributed by atoms with Crippen LogP contribution < -0.4 is 0 Å². The van der Waals surface area contributed by atoms with Crippen molar-refractivity contribution in [2.24, 2.45) is 0 Å². The molecule has 0 radical (unpaired) electrons. The standard InChI is InChI=1S/C14H10FN3/c1-2-9-3-4-17-14-13(9)12(8-18-14)10-5-11(15)7-16-6-10/h2-8H,1H2,(H,17,18). The molecule has 0 unspecified atom stereocenters. The molecule has 3 rings (SSSR count). The van der Waals surface area contributed by atoms with Crippen LogP contribution in [0.2, 0.25) is 0 Å². The Balaban J connectivity index is 2.33. The van der Waals surface area contributed by atoms with Crippen molar-refractivity contribution in [3.05, 3.63) is 54.9 Å². The predicted octanol–water partition coefficient (Wildman–Crippen LogP) is 3.41. The molecule has 3 heterocycles. The van der Waals surface area contributed by atoms with E-state index >= 15 is 0 Å². The van der Waals surface area contributed by atoms with E-state index in [1.807, 2.05) is 6.07 Å². The highest BCUT2D eigenvalue weighted by Gasteiger charge is 2.10. The molecular formula is C14H10FN3. The third kappa shape index (κ3) is 1.59. The smallest absolute Gasteiger partial charge is 0.142 e. The predicted molar refractivity (Wildman–Crippen MR) is 69.4 cm³/mol. The van der Waals surface area contributed by atoms with E-state index in [0.717, 1.165) is 27.7 Å². The first-order chi connectivity index (χ1) is 8.79. The van der Waals surface area contributed by atoms with Gasteiger partial charge in [0.1, 0.15) is 11.5 Å². The molecule has 88 valence electrons. The SMILES string of the molecule is C=Cc1ccnc2[nH]cc(-c3cncc(F)c3)c12. The summed E-state index contributed by atoms with van der Waals surface area (Å²) in [5.74, 6) is -0.356. The maximum absolute atomic E-state index is 13.2. The first-order valence-corrected chi connectivity index (χ1v) is 5.49. The van der Waals surface area contributed by atoms with E-state index in [0.29, 0.717) is 0 Å². The van der Waals surface area contributed by atoms with E-state index in [-0.39, 0.29) is 5.82 Å². The van der Waals surface area contributed by atoms with Crippen molar-refractivity contribution in [2.75, 3.05) is 0 Å². The van der Waals surface area contributed by atoms with E-state index in [4.69, 9.17) is 0 Å². The number of nitrogens with one attached hydrogen (secondary N) is 1. The summed E-state index contributed by atoms with van der Waals surface area (Å²) < 4.78 is 13.2. The molecule has 0 atom stereocenters. The normalized spacial score (nSPS) is 10.7. The second-order valence-corrected chi connectivity index (χ2v) is 3.92. The lowest BCUT2D eigenvalue weighted by Gasteiger charge is -2.01. The van der Waals surface area contributed by atoms with Crippen molar-refractivity contribution in [3.8, 4) is 11.1 Å². The molecule has 0 aliphatic rings. The molecule has 0 fully saturated rings. The molecule has 0 spiro atoms. The number of hydrogen-bond donors (Lipinski definition) is 1. The number of halogens is 1. The van der Waals surface area contributed by atoms with Gasteiger partial charge in [-0.1, -0.05) is 12.7 Å². The van der Waals surface area contributed by atoms with Gasteiger partial charge in [-0.25, -0.2) is 9.37 Å². The lowest BCUT2D eigenvalue weighted by molar-refractivity contribution is 0.622. The Bertz CT molecular complexity index is 731. The molecule has 0 saturated heterocycles. The summed E-state index contributed by atoms with van der Waals surface area (Å²) in [6, 6.07) is 3.33. The van der Waals surface area contributed by atoms with Crippen LogP contribution in [0.15, 0.2) is 43.5 Å². The van der Waals surface area contributed by atoms with Crippen LogP contribution in [0.5, 0.6) is 0 Å². The quantitative estimate of drug-likeness (QED) is 0.744. The van der Waals surface area contributed by atoms with Gasteiger partial charge in [0, 0.05) is 35.1 Å². The molecule has 3 nitrogen and oxygen atoms in total. The Morgan fingerprint density at radius 1 is 1.33 bits per heavy atom. The number of fused-ring (bicyclic) bond motifs is 1. The fourth-order valence-corrected chi connectivity index (χ4v) is 2.04. The number of rotatable bonds is 2. The molecule has 0 bridgehead atoms. The molecular weight excluding hydrogens is 229 g/mol. The van der Waals surface area contributed by atoms with Gasteiger partial charge >= 0.3 is 0 Å². The molecule has 18 heavy (non-hydrogen) atoms. The molecule has 4 heteroatoms. The van der Waals surface area contributed by atoms with Gasteiger partial charge < -0.3 is 4.98 Å². The first-order valence-electron chi connectivity index (χ1n) is 5.49. The van der Waals surface area contributed by atoms with Crippen molar-refractivity contribution in [1.82, 2.24) is 15.0 Å². The van der Waals surface area contributed by atoms with Crippen LogP contribution in [0.4, 0.5) is 4.39 Å². The zero-order chi connectivity index (χ0) is 12.5. The maximum atomic E-state index is 13.2. The van der Waals surface area contributed by atoms with E-state index in [2.05, 4.69) is 21.5 Å². The highest BCUT2D eigenvalue weighted by Crippen LogP contribution is 2.30. The second-order valence-electron chi connectivity index (χ2n) is 3.92. The minimum absolute atomic E-state index is 0.356. The number of hydrogen-bond acceptors (Lipinski definition) is 2. The summed E-state index contributed by atoms with van der Waals surface area (Å²) in [7, 11) is 0.